The number of rotatable bonds is 3. The molecule has 120 valence electrons. The van der Waals surface area contributed by atoms with Gasteiger partial charge in [-0.2, -0.15) is 13.2 Å². The van der Waals surface area contributed by atoms with Gasteiger partial charge in [0, 0.05) is 11.1 Å². The van der Waals surface area contributed by atoms with Crippen LogP contribution in [0.3, 0.4) is 0 Å². The lowest BCUT2D eigenvalue weighted by atomic mass is 10.2. The molecule has 2 heterocycles. The summed E-state index contributed by atoms with van der Waals surface area (Å²) in [5, 5.41) is 10.1. The molecule has 0 aliphatic carbocycles. The van der Waals surface area contributed by atoms with Gasteiger partial charge < -0.3 is 9.84 Å². The molecular weight excluding hydrogens is 321 g/mol. The molecule has 0 spiro atoms. The summed E-state index contributed by atoms with van der Waals surface area (Å²) in [5.41, 5.74) is -0.784. The molecule has 1 aliphatic heterocycles. The Kier molecular flexibility index (Phi) is 4.39. The molecule has 5 nitrogen and oxygen atoms in total. The van der Waals surface area contributed by atoms with Gasteiger partial charge in [0.1, 0.15) is 5.82 Å². The van der Waals surface area contributed by atoms with Crippen molar-refractivity contribution in [2.75, 3.05) is 18.3 Å². The fraction of sp³-hybridized carbons (Fsp3) is 0.385. The highest BCUT2D eigenvalue weighted by Crippen LogP contribution is 2.38. The number of methoxy groups -OCH3 is 1. The Hall–Kier alpha value is -1.74. The van der Waals surface area contributed by atoms with E-state index in [9.17, 15) is 23.1 Å². The predicted octanol–water partition coefficient (Wildman–Crippen LogP) is 2.41. The molecule has 0 bridgehead atoms. The summed E-state index contributed by atoms with van der Waals surface area (Å²) in [6, 6.07) is 0.749. The molecule has 1 amide bonds. The fourth-order valence-corrected chi connectivity index (χ4v) is 2.70. The van der Waals surface area contributed by atoms with Gasteiger partial charge in [-0.05, 0) is 19.2 Å². The number of hydrogen-bond donors (Lipinski definition) is 1. The number of amides is 1. The lowest BCUT2D eigenvalue weighted by molar-refractivity contribution is -0.139. The Labute approximate surface area is 128 Å². The van der Waals surface area contributed by atoms with E-state index in [0.717, 1.165) is 28.9 Å². The number of carbonyl (C=O) groups is 1. The Morgan fingerprint density at radius 2 is 2.09 bits per heavy atom. The first-order valence-corrected chi connectivity index (χ1v) is 7.32. The van der Waals surface area contributed by atoms with Crippen LogP contribution < -0.4 is 4.90 Å². The Balaban J connectivity index is 2.50. The van der Waals surface area contributed by atoms with Crippen LogP contribution in [-0.4, -0.2) is 35.6 Å². The van der Waals surface area contributed by atoms with Gasteiger partial charge in [-0.3, -0.25) is 9.69 Å². The average Bonchev–Trinajstić information content (AvgIpc) is 2.67. The number of nitrogens with zero attached hydrogens (tertiary/aromatic N) is 2. The van der Waals surface area contributed by atoms with Crippen molar-refractivity contribution in [2.45, 2.75) is 24.2 Å². The van der Waals surface area contributed by atoms with Gasteiger partial charge in [-0.25, -0.2) is 4.98 Å². The van der Waals surface area contributed by atoms with Crippen LogP contribution in [0.2, 0.25) is 0 Å². The lowest BCUT2D eigenvalue weighted by Crippen LogP contribution is -2.36. The van der Waals surface area contributed by atoms with Crippen molar-refractivity contribution in [3.63, 3.8) is 0 Å². The molecule has 0 radical (unpaired) electrons. The van der Waals surface area contributed by atoms with Crippen molar-refractivity contribution >= 4 is 23.5 Å². The van der Waals surface area contributed by atoms with E-state index in [2.05, 4.69) is 4.98 Å². The van der Waals surface area contributed by atoms with Crippen molar-refractivity contribution < 1.29 is 27.8 Å². The van der Waals surface area contributed by atoms with Crippen LogP contribution in [0.5, 0.6) is 0 Å². The SMILES string of the molecule is COC1=C(C)C(=O)N(c2cc(C(F)(F)F)c(SC)cn2)C1O. The van der Waals surface area contributed by atoms with Crippen LogP contribution in [0.15, 0.2) is 28.5 Å². The van der Waals surface area contributed by atoms with Gasteiger partial charge in [-0.15, -0.1) is 11.8 Å². The van der Waals surface area contributed by atoms with E-state index in [0.29, 0.717) is 0 Å². The zero-order valence-electron chi connectivity index (χ0n) is 11.9. The number of aliphatic hydroxyl groups excluding tert-OH is 1. The molecule has 1 atom stereocenters. The van der Waals surface area contributed by atoms with E-state index in [4.69, 9.17) is 4.74 Å². The van der Waals surface area contributed by atoms with E-state index >= 15 is 0 Å². The predicted molar refractivity (Wildman–Crippen MR) is 74.2 cm³/mol. The maximum atomic E-state index is 13.1. The third-order valence-electron chi connectivity index (χ3n) is 3.23. The normalized spacial score (nSPS) is 19.1. The second-order valence-electron chi connectivity index (χ2n) is 4.48. The smallest absolute Gasteiger partial charge is 0.417 e. The van der Waals surface area contributed by atoms with E-state index in [1.54, 1.807) is 0 Å². The average molecular weight is 334 g/mol. The maximum Gasteiger partial charge on any atom is 0.417 e. The Morgan fingerprint density at radius 1 is 1.45 bits per heavy atom. The van der Waals surface area contributed by atoms with Crippen LogP contribution in [0.4, 0.5) is 19.0 Å². The number of thioether (sulfide) groups is 1. The molecule has 1 unspecified atom stereocenters. The summed E-state index contributed by atoms with van der Waals surface area (Å²) in [6.07, 6.45) is -3.55. The van der Waals surface area contributed by atoms with Crippen molar-refractivity contribution in [2.24, 2.45) is 0 Å². The quantitative estimate of drug-likeness (QED) is 0.860. The van der Waals surface area contributed by atoms with E-state index in [-0.39, 0.29) is 22.0 Å². The zero-order chi connectivity index (χ0) is 16.7. The summed E-state index contributed by atoms with van der Waals surface area (Å²) < 4.78 is 44.1. The highest BCUT2D eigenvalue weighted by atomic mass is 32.2. The van der Waals surface area contributed by atoms with E-state index < -0.39 is 23.9 Å². The van der Waals surface area contributed by atoms with Crippen LogP contribution in [0, 0.1) is 0 Å². The standard InChI is InChI=1S/C13H13F3N2O3S/c1-6-10(21-2)12(20)18(11(6)19)9-4-7(13(14,15)16)8(22-3)5-17-9/h4-5,12,20H,1-3H3. The van der Waals surface area contributed by atoms with Gasteiger partial charge in [0.2, 0.25) is 0 Å². The van der Waals surface area contributed by atoms with Crippen LogP contribution in [-0.2, 0) is 15.7 Å². The second-order valence-corrected chi connectivity index (χ2v) is 5.33. The highest BCUT2D eigenvalue weighted by molar-refractivity contribution is 7.98. The zero-order valence-corrected chi connectivity index (χ0v) is 12.7. The first kappa shape index (κ1) is 16.6. The Morgan fingerprint density at radius 3 is 2.55 bits per heavy atom. The lowest BCUT2D eigenvalue weighted by Gasteiger charge is -2.22. The summed E-state index contributed by atoms with van der Waals surface area (Å²) in [4.78, 5) is 16.7. The number of aliphatic hydroxyl groups is 1. The summed E-state index contributed by atoms with van der Waals surface area (Å²) >= 11 is 0.897. The molecule has 0 saturated carbocycles. The van der Waals surface area contributed by atoms with Gasteiger partial charge in [-0.1, -0.05) is 0 Å². The number of ether oxygens (including phenoxy) is 1. The minimum Gasteiger partial charge on any atom is -0.496 e. The monoisotopic (exact) mass is 334 g/mol. The van der Waals surface area contributed by atoms with Gasteiger partial charge >= 0.3 is 6.18 Å². The number of hydrogen-bond acceptors (Lipinski definition) is 5. The minimum absolute atomic E-state index is 0.00528. The molecule has 0 aromatic carbocycles. The second kappa shape index (κ2) is 5.81. The largest absolute Gasteiger partial charge is 0.496 e. The fourth-order valence-electron chi connectivity index (χ4n) is 2.14. The minimum atomic E-state index is -4.59. The molecule has 2 rings (SSSR count). The summed E-state index contributed by atoms with van der Waals surface area (Å²) in [6.45, 7) is 1.42. The highest BCUT2D eigenvalue weighted by Gasteiger charge is 2.41. The maximum absolute atomic E-state index is 13.1. The molecule has 22 heavy (non-hydrogen) atoms. The number of alkyl halides is 3. The molecule has 1 aromatic heterocycles. The number of anilines is 1. The van der Waals surface area contributed by atoms with E-state index in [1.165, 1.54) is 20.3 Å². The van der Waals surface area contributed by atoms with Crippen molar-refractivity contribution in [3.05, 3.63) is 29.2 Å². The molecule has 1 aromatic rings. The first-order valence-electron chi connectivity index (χ1n) is 6.10. The molecule has 0 saturated heterocycles. The van der Waals surface area contributed by atoms with Crippen LogP contribution >= 0.6 is 11.8 Å². The first-order chi connectivity index (χ1) is 10.2. The number of carbonyl (C=O) groups excluding carboxylic acids is 1. The topological polar surface area (TPSA) is 62.7 Å². The number of halogens is 3. The van der Waals surface area contributed by atoms with Crippen molar-refractivity contribution in [1.82, 2.24) is 4.98 Å². The van der Waals surface area contributed by atoms with Crippen molar-refractivity contribution in [1.29, 1.82) is 0 Å². The van der Waals surface area contributed by atoms with Gasteiger partial charge in [0.05, 0.1) is 18.2 Å². The molecule has 0 fully saturated rings. The molecule has 1 N–H and O–H groups in total. The molecular formula is C13H13F3N2O3S. The summed E-state index contributed by atoms with van der Waals surface area (Å²) in [5.74, 6) is -0.940. The molecule has 9 heteroatoms. The third-order valence-corrected chi connectivity index (χ3v) is 4.00. The Bertz CT molecular complexity index is 646. The van der Waals surface area contributed by atoms with Crippen LogP contribution in [0.25, 0.3) is 0 Å². The van der Waals surface area contributed by atoms with Gasteiger partial charge in [0.25, 0.3) is 5.91 Å². The van der Waals surface area contributed by atoms with Gasteiger partial charge in [0.15, 0.2) is 12.0 Å². The van der Waals surface area contributed by atoms with E-state index in [1.807, 2.05) is 0 Å². The number of aromatic nitrogens is 1. The third kappa shape index (κ3) is 2.66. The van der Waals surface area contributed by atoms with Crippen molar-refractivity contribution in [3.8, 4) is 0 Å². The van der Waals surface area contributed by atoms with Crippen LogP contribution in [0.1, 0.15) is 12.5 Å². The molecule has 1 aliphatic rings. The summed E-state index contributed by atoms with van der Waals surface area (Å²) in [7, 11) is 1.27. The number of pyridine rings is 1.